The first-order valence-electron chi connectivity index (χ1n) is 6.09. The highest BCUT2D eigenvalue weighted by atomic mass is 32.1. The number of hydrogen-bond acceptors (Lipinski definition) is 6. The Morgan fingerprint density at radius 1 is 1.52 bits per heavy atom. The minimum Gasteiger partial charge on any atom is -0.288 e. The zero-order valence-electron chi connectivity index (χ0n) is 10.8. The van der Waals surface area contributed by atoms with Crippen LogP contribution in [0.2, 0.25) is 0 Å². The lowest BCUT2D eigenvalue weighted by Gasteiger charge is -1.94. The first-order valence-corrected chi connectivity index (χ1v) is 6.91. The minimum atomic E-state index is -0.610. The quantitative estimate of drug-likeness (QED) is 0.432. The standard InChI is InChI=1S/C13H11N5O2S/c19-13(16-20)2-1-10-7-18(17-15-10)8-11-5-9-3-4-14-6-12(9)21-11/h1-7,20H,8H2,(H,16,19)/b2-1+. The maximum Gasteiger partial charge on any atom is 0.267 e. The maximum absolute atomic E-state index is 10.9. The fraction of sp³-hybridized carbons (Fsp3) is 0.0769. The fourth-order valence-corrected chi connectivity index (χ4v) is 2.87. The average molecular weight is 301 g/mol. The number of rotatable bonds is 4. The van der Waals surface area contributed by atoms with E-state index in [1.54, 1.807) is 28.4 Å². The number of nitrogens with one attached hydrogen (secondary N) is 1. The van der Waals surface area contributed by atoms with E-state index in [0.29, 0.717) is 12.2 Å². The van der Waals surface area contributed by atoms with Gasteiger partial charge in [0, 0.05) is 23.3 Å². The van der Waals surface area contributed by atoms with Crippen molar-refractivity contribution in [2.24, 2.45) is 0 Å². The predicted molar refractivity (Wildman–Crippen MR) is 77.7 cm³/mol. The van der Waals surface area contributed by atoms with Crippen LogP contribution in [0.3, 0.4) is 0 Å². The summed E-state index contributed by atoms with van der Waals surface area (Å²) in [5.41, 5.74) is 2.05. The van der Waals surface area contributed by atoms with Gasteiger partial charge in [-0.15, -0.1) is 16.4 Å². The third-order valence-electron chi connectivity index (χ3n) is 2.76. The highest BCUT2D eigenvalue weighted by Gasteiger charge is 2.04. The van der Waals surface area contributed by atoms with E-state index in [4.69, 9.17) is 5.21 Å². The molecule has 3 rings (SSSR count). The molecule has 0 aliphatic carbocycles. The van der Waals surface area contributed by atoms with Crippen molar-refractivity contribution in [2.75, 3.05) is 0 Å². The van der Waals surface area contributed by atoms with Crippen molar-refractivity contribution < 1.29 is 10.0 Å². The van der Waals surface area contributed by atoms with Crippen molar-refractivity contribution >= 4 is 33.4 Å². The van der Waals surface area contributed by atoms with Crippen LogP contribution in [0.15, 0.2) is 36.8 Å². The molecule has 7 nitrogen and oxygen atoms in total. The van der Waals surface area contributed by atoms with Crippen molar-refractivity contribution in [3.8, 4) is 0 Å². The molecule has 3 aromatic heterocycles. The molecule has 0 saturated carbocycles. The van der Waals surface area contributed by atoms with Crippen LogP contribution in [0.5, 0.6) is 0 Å². The van der Waals surface area contributed by atoms with Crippen molar-refractivity contribution in [3.05, 3.63) is 47.4 Å². The largest absolute Gasteiger partial charge is 0.288 e. The molecule has 0 bridgehead atoms. The molecule has 0 unspecified atom stereocenters. The predicted octanol–water partition coefficient (Wildman–Crippen LogP) is 1.45. The Morgan fingerprint density at radius 2 is 2.43 bits per heavy atom. The van der Waals surface area contributed by atoms with Crippen molar-refractivity contribution in [1.82, 2.24) is 25.5 Å². The number of fused-ring (bicyclic) bond motifs is 1. The molecular formula is C13H11N5O2S. The van der Waals surface area contributed by atoms with Crippen LogP contribution < -0.4 is 5.48 Å². The van der Waals surface area contributed by atoms with Crippen LogP contribution in [0, 0.1) is 0 Å². The smallest absolute Gasteiger partial charge is 0.267 e. The SMILES string of the molecule is O=C(/C=C/c1cn(Cc2cc3ccncc3s2)nn1)NO. The van der Waals surface area contributed by atoms with Gasteiger partial charge in [-0.3, -0.25) is 15.0 Å². The van der Waals surface area contributed by atoms with Gasteiger partial charge in [0.05, 0.1) is 17.4 Å². The lowest BCUT2D eigenvalue weighted by Crippen LogP contribution is -2.14. The van der Waals surface area contributed by atoms with Crippen molar-refractivity contribution in [2.45, 2.75) is 6.54 Å². The molecular weight excluding hydrogens is 290 g/mol. The van der Waals surface area contributed by atoms with E-state index in [1.807, 2.05) is 12.3 Å². The normalized spacial score (nSPS) is 11.3. The Kier molecular flexibility index (Phi) is 3.71. The Balaban J connectivity index is 1.74. The van der Waals surface area contributed by atoms with Crippen LogP contribution in [0.25, 0.3) is 16.2 Å². The molecule has 0 aliphatic heterocycles. The van der Waals surface area contributed by atoms with E-state index in [2.05, 4.69) is 21.4 Å². The zero-order chi connectivity index (χ0) is 14.7. The molecule has 21 heavy (non-hydrogen) atoms. The first-order chi connectivity index (χ1) is 10.2. The summed E-state index contributed by atoms with van der Waals surface area (Å²) in [6.07, 6.45) is 7.99. The molecule has 0 atom stereocenters. The number of carbonyl (C=O) groups is 1. The summed E-state index contributed by atoms with van der Waals surface area (Å²) in [7, 11) is 0. The van der Waals surface area contributed by atoms with Gasteiger partial charge >= 0.3 is 0 Å². The Morgan fingerprint density at radius 3 is 3.24 bits per heavy atom. The third kappa shape index (κ3) is 3.12. The summed E-state index contributed by atoms with van der Waals surface area (Å²) in [5, 5.41) is 17.5. The number of amides is 1. The monoisotopic (exact) mass is 301 g/mol. The zero-order valence-corrected chi connectivity index (χ0v) is 11.6. The van der Waals surface area contributed by atoms with E-state index in [-0.39, 0.29) is 0 Å². The van der Waals surface area contributed by atoms with E-state index in [0.717, 1.165) is 15.0 Å². The lowest BCUT2D eigenvalue weighted by molar-refractivity contribution is -0.124. The van der Waals surface area contributed by atoms with E-state index in [9.17, 15) is 4.79 Å². The topological polar surface area (TPSA) is 92.9 Å². The van der Waals surface area contributed by atoms with Crippen LogP contribution in [-0.4, -0.2) is 31.1 Å². The van der Waals surface area contributed by atoms with Crippen molar-refractivity contribution in [1.29, 1.82) is 0 Å². The Hall–Kier alpha value is -2.58. The maximum atomic E-state index is 10.9. The van der Waals surface area contributed by atoms with Gasteiger partial charge in [0.2, 0.25) is 0 Å². The summed E-state index contributed by atoms with van der Waals surface area (Å²) in [4.78, 5) is 16.1. The molecule has 3 aromatic rings. The lowest BCUT2D eigenvalue weighted by atomic mass is 10.3. The van der Waals surface area contributed by atoms with Crippen LogP contribution >= 0.6 is 11.3 Å². The summed E-state index contributed by atoms with van der Waals surface area (Å²) < 4.78 is 2.82. The first kappa shape index (κ1) is 13.4. The number of nitrogens with zero attached hydrogens (tertiary/aromatic N) is 4. The second kappa shape index (κ2) is 5.81. The van der Waals surface area contributed by atoms with Gasteiger partial charge in [0.15, 0.2) is 0 Å². The van der Waals surface area contributed by atoms with E-state index >= 15 is 0 Å². The van der Waals surface area contributed by atoms with Gasteiger partial charge in [-0.25, -0.2) is 10.2 Å². The van der Waals surface area contributed by atoms with E-state index in [1.165, 1.54) is 17.6 Å². The van der Waals surface area contributed by atoms with Crippen molar-refractivity contribution in [3.63, 3.8) is 0 Å². The van der Waals surface area contributed by atoms with E-state index < -0.39 is 5.91 Å². The summed E-state index contributed by atoms with van der Waals surface area (Å²) in [6, 6.07) is 4.07. The molecule has 0 aliphatic rings. The molecule has 8 heteroatoms. The van der Waals surface area contributed by atoms with Crippen LogP contribution in [-0.2, 0) is 11.3 Å². The van der Waals surface area contributed by atoms with Crippen LogP contribution in [0.1, 0.15) is 10.6 Å². The summed E-state index contributed by atoms with van der Waals surface area (Å²) >= 11 is 1.66. The minimum absolute atomic E-state index is 0.543. The molecule has 0 saturated heterocycles. The highest BCUT2D eigenvalue weighted by molar-refractivity contribution is 7.19. The molecule has 2 N–H and O–H groups in total. The number of hydrogen-bond donors (Lipinski definition) is 2. The second-order valence-corrected chi connectivity index (χ2v) is 5.44. The Labute approximate surface area is 123 Å². The number of pyridine rings is 1. The fourth-order valence-electron chi connectivity index (χ4n) is 1.84. The molecule has 3 heterocycles. The number of aromatic nitrogens is 4. The number of carbonyl (C=O) groups excluding carboxylic acids is 1. The van der Waals surface area contributed by atoms with Gasteiger partial charge in [0.25, 0.3) is 5.91 Å². The third-order valence-corrected chi connectivity index (χ3v) is 3.83. The molecule has 1 amide bonds. The van der Waals surface area contributed by atoms with Gasteiger partial charge in [0.1, 0.15) is 5.69 Å². The molecule has 0 aromatic carbocycles. The highest BCUT2D eigenvalue weighted by Crippen LogP contribution is 2.24. The number of hydroxylamine groups is 1. The summed E-state index contributed by atoms with van der Waals surface area (Å²) in [5.74, 6) is -0.610. The molecule has 0 fully saturated rings. The van der Waals surface area contributed by atoms with Gasteiger partial charge in [-0.2, -0.15) is 0 Å². The number of thiophene rings is 1. The second-order valence-electron chi connectivity index (χ2n) is 4.28. The molecule has 0 radical (unpaired) electrons. The average Bonchev–Trinajstić information content (AvgIpc) is 3.10. The molecule has 106 valence electrons. The van der Waals surface area contributed by atoms with Gasteiger partial charge < -0.3 is 0 Å². The van der Waals surface area contributed by atoms with Gasteiger partial charge in [-0.05, 0) is 23.6 Å². The van der Waals surface area contributed by atoms with Gasteiger partial charge in [-0.1, -0.05) is 5.21 Å². The Bertz CT molecular complexity index is 775. The molecule has 0 spiro atoms. The van der Waals surface area contributed by atoms with Crippen LogP contribution in [0.4, 0.5) is 0 Å². The summed E-state index contributed by atoms with van der Waals surface area (Å²) in [6.45, 7) is 0.604.